The van der Waals surface area contributed by atoms with Crippen LogP contribution in [0, 0.1) is 0 Å². The number of benzene rings is 1. The van der Waals surface area contributed by atoms with Gasteiger partial charge in [0.2, 0.25) is 0 Å². The first kappa shape index (κ1) is 12.8. The van der Waals surface area contributed by atoms with Gasteiger partial charge in [-0.3, -0.25) is 0 Å². The standard InChI is InChI=1S/C12H17NO2S/c1-4-14-11-7-9(12(13)16)5-6-10(11)15-8(2)3/h5-8H,4H2,1-3H3,(H2,13,16). The Morgan fingerprint density at radius 2 is 2.06 bits per heavy atom. The fourth-order valence-electron chi connectivity index (χ4n) is 1.28. The molecule has 0 saturated heterocycles. The lowest BCUT2D eigenvalue weighted by molar-refractivity contribution is 0.224. The minimum Gasteiger partial charge on any atom is -0.490 e. The fourth-order valence-corrected chi connectivity index (χ4v) is 1.41. The van der Waals surface area contributed by atoms with Crippen LogP contribution in [0.2, 0.25) is 0 Å². The number of hydrogen-bond acceptors (Lipinski definition) is 3. The van der Waals surface area contributed by atoms with Gasteiger partial charge >= 0.3 is 0 Å². The highest BCUT2D eigenvalue weighted by molar-refractivity contribution is 7.80. The van der Waals surface area contributed by atoms with Gasteiger partial charge in [0.1, 0.15) is 4.99 Å². The molecule has 1 aromatic rings. The molecule has 0 bridgehead atoms. The van der Waals surface area contributed by atoms with E-state index in [2.05, 4.69) is 0 Å². The number of rotatable bonds is 5. The van der Waals surface area contributed by atoms with Crippen LogP contribution in [0.5, 0.6) is 11.5 Å². The van der Waals surface area contributed by atoms with E-state index >= 15 is 0 Å². The molecule has 2 N–H and O–H groups in total. The molecule has 16 heavy (non-hydrogen) atoms. The predicted octanol–water partition coefficient (Wildman–Crippen LogP) is 2.51. The third-order valence-electron chi connectivity index (χ3n) is 1.89. The molecular weight excluding hydrogens is 222 g/mol. The highest BCUT2D eigenvalue weighted by atomic mass is 32.1. The van der Waals surface area contributed by atoms with E-state index in [4.69, 9.17) is 27.4 Å². The van der Waals surface area contributed by atoms with Gasteiger partial charge in [-0.15, -0.1) is 0 Å². The van der Waals surface area contributed by atoms with Gasteiger partial charge in [0.15, 0.2) is 11.5 Å². The largest absolute Gasteiger partial charge is 0.490 e. The molecular formula is C12H17NO2S. The minimum absolute atomic E-state index is 0.106. The van der Waals surface area contributed by atoms with Crippen molar-refractivity contribution in [2.75, 3.05) is 6.61 Å². The van der Waals surface area contributed by atoms with Crippen LogP contribution >= 0.6 is 12.2 Å². The van der Waals surface area contributed by atoms with Crippen LogP contribution < -0.4 is 15.2 Å². The van der Waals surface area contributed by atoms with E-state index in [9.17, 15) is 0 Å². The summed E-state index contributed by atoms with van der Waals surface area (Å²) in [5.74, 6) is 1.40. The zero-order valence-corrected chi connectivity index (χ0v) is 10.6. The Morgan fingerprint density at radius 3 is 2.56 bits per heavy atom. The maximum Gasteiger partial charge on any atom is 0.161 e. The number of hydrogen-bond donors (Lipinski definition) is 1. The molecule has 0 aliphatic heterocycles. The molecule has 0 amide bonds. The molecule has 0 spiro atoms. The highest BCUT2D eigenvalue weighted by Gasteiger charge is 2.09. The van der Waals surface area contributed by atoms with Crippen LogP contribution in [0.1, 0.15) is 26.3 Å². The third kappa shape index (κ3) is 3.38. The van der Waals surface area contributed by atoms with Gasteiger partial charge < -0.3 is 15.2 Å². The second-order valence-corrected chi connectivity index (χ2v) is 4.07. The smallest absolute Gasteiger partial charge is 0.161 e. The fraction of sp³-hybridized carbons (Fsp3) is 0.417. The summed E-state index contributed by atoms with van der Waals surface area (Å²) in [4.78, 5) is 0.358. The maximum atomic E-state index is 5.62. The van der Waals surface area contributed by atoms with Crippen molar-refractivity contribution in [1.29, 1.82) is 0 Å². The molecule has 0 aliphatic rings. The van der Waals surface area contributed by atoms with Crippen LogP contribution in [0.25, 0.3) is 0 Å². The SMILES string of the molecule is CCOc1cc(C(N)=S)ccc1OC(C)C. The van der Waals surface area contributed by atoms with E-state index in [0.717, 1.165) is 11.3 Å². The Morgan fingerprint density at radius 1 is 1.38 bits per heavy atom. The molecule has 3 nitrogen and oxygen atoms in total. The Bertz CT molecular complexity index is 377. The second kappa shape index (κ2) is 5.70. The van der Waals surface area contributed by atoms with E-state index in [1.807, 2.05) is 39.0 Å². The number of nitrogens with two attached hydrogens (primary N) is 1. The average Bonchev–Trinajstić information content (AvgIpc) is 2.20. The molecule has 1 aromatic carbocycles. The molecule has 0 atom stereocenters. The van der Waals surface area contributed by atoms with Gasteiger partial charge in [0, 0.05) is 5.56 Å². The van der Waals surface area contributed by atoms with Gasteiger partial charge in [-0.2, -0.15) is 0 Å². The summed E-state index contributed by atoms with van der Waals surface area (Å²) in [6.07, 6.45) is 0.106. The van der Waals surface area contributed by atoms with Crippen molar-refractivity contribution in [2.24, 2.45) is 5.73 Å². The Labute approximate surface area is 102 Å². The van der Waals surface area contributed by atoms with Crippen molar-refractivity contribution in [3.8, 4) is 11.5 Å². The summed E-state index contributed by atoms with van der Waals surface area (Å²) in [5, 5.41) is 0. The van der Waals surface area contributed by atoms with Gasteiger partial charge in [-0.1, -0.05) is 12.2 Å². The Hall–Kier alpha value is -1.29. The lowest BCUT2D eigenvalue weighted by atomic mass is 10.2. The first-order valence-corrected chi connectivity index (χ1v) is 5.68. The maximum absolute atomic E-state index is 5.62. The van der Waals surface area contributed by atoms with Crippen molar-refractivity contribution in [1.82, 2.24) is 0 Å². The molecule has 0 saturated carbocycles. The summed E-state index contributed by atoms with van der Waals surface area (Å²) in [6, 6.07) is 5.48. The summed E-state index contributed by atoms with van der Waals surface area (Å²) in [5.41, 5.74) is 6.35. The molecule has 0 fully saturated rings. The molecule has 0 aliphatic carbocycles. The quantitative estimate of drug-likeness (QED) is 0.802. The monoisotopic (exact) mass is 239 g/mol. The molecule has 4 heteroatoms. The van der Waals surface area contributed by atoms with Crippen LogP contribution in [0.3, 0.4) is 0 Å². The van der Waals surface area contributed by atoms with E-state index in [-0.39, 0.29) is 6.10 Å². The number of thiocarbonyl (C=S) groups is 1. The predicted molar refractivity (Wildman–Crippen MR) is 69.3 cm³/mol. The topological polar surface area (TPSA) is 44.5 Å². The second-order valence-electron chi connectivity index (χ2n) is 3.63. The Kier molecular flexibility index (Phi) is 4.55. The van der Waals surface area contributed by atoms with Gasteiger partial charge in [0.25, 0.3) is 0 Å². The van der Waals surface area contributed by atoms with E-state index in [1.54, 1.807) is 0 Å². The summed E-state index contributed by atoms with van der Waals surface area (Å²) in [6.45, 7) is 6.44. The zero-order chi connectivity index (χ0) is 12.1. The molecule has 0 heterocycles. The van der Waals surface area contributed by atoms with Gasteiger partial charge in [0.05, 0.1) is 12.7 Å². The molecule has 0 unspecified atom stereocenters. The Balaban J connectivity index is 3.03. The summed E-state index contributed by atoms with van der Waals surface area (Å²) < 4.78 is 11.1. The van der Waals surface area contributed by atoms with E-state index in [1.165, 1.54) is 0 Å². The number of ether oxygens (including phenoxy) is 2. The van der Waals surface area contributed by atoms with E-state index in [0.29, 0.717) is 17.3 Å². The van der Waals surface area contributed by atoms with Crippen molar-refractivity contribution in [3.63, 3.8) is 0 Å². The molecule has 88 valence electrons. The lowest BCUT2D eigenvalue weighted by Gasteiger charge is -2.15. The highest BCUT2D eigenvalue weighted by Crippen LogP contribution is 2.29. The van der Waals surface area contributed by atoms with Crippen molar-refractivity contribution < 1.29 is 9.47 Å². The van der Waals surface area contributed by atoms with Crippen LogP contribution in [-0.4, -0.2) is 17.7 Å². The first-order valence-electron chi connectivity index (χ1n) is 5.28. The van der Waals surface area contributed by atoms with Gasteiger partial charge in [-0.05, 0) is 39.0 Å². The lowest BCUT2D eigenvalue weighted by Crippen LogP contribution is -2.11. The third-order valence-corrected chi connectivity index (χ3v) is 2.13. The molecule has 1 rings (SSSR count). The van der Waals surface area contributed by atoms with Crippen molar-refractivity contribution >= 4 is 17.2 Å². The average molecular weight is 239 g/mol. The molecule has 0 radical (unpaired) electrons. The van der Waals surface area contributed by atoms with Crippen LogP contribution in [0.15, 0.2) is 18.2 Å². The molecule has 0 aromatic heterocycles. The zero-order valence-electron chi connectivity index (χ0n) is 9.82. The van der Waals surface area contributed by atoms with Crippen LogP contribution in [-0.2, 0) is 0 Å². The summed E-state index contributed by atoms with van der Waals surface area (Å²) >= 11 is 4.92. The van der Waals surface area contributed by atoms with E-state index < -0.39 is 0 Å². The normalized spacial score (nSPS) is 10.2. The van der Waals surface area contributed by atoms with Gasteiger partial charge in [-0.25, -0.2) is 0 Å². The van der Waals surface area contributed by atoms with Crippen LogP contribution in [0.4, 0.5) is 0 Å². The van der Waals surface area contributed by atoms with Crippen molar-refractivity contribution in [3.05, 3.63) is 23.8 Å². The first-order chi connectivity index (χ1) is 7.54. The minimum atomic E-state index is 0.106. The van der Waals surface area contributed by atoms with Crippen molar-refractivity contribution in [2.45, 2.75) is 26.9 Å². The summed E-state index contributed by atoms with van der Waals surface area (Å²) in [7, 11) is 0.